The largest absolute Gasteiger partial charge is 0.465 e. The molecule has 5 heteroatoms. The molecule has 17 heavy (non-hydrogen) atoms. The summed E-state index contributed by atoms with van der Waals surface area (Å²) in [6, 6.07) is 5.29. The van der Waals surface area contributed by atoms with E-state index in [-0.39, 0.29) is 11.8 Å². The highest BCUT2D eigenvalue weighted by atomic mass is 35.5. The van der Waals surface area contributed by atoms with Crippen molar-refractivity contribution < 1.29 is 14.6 Å². The van der Waals surface area contributed by atoms with Crippen molar-refractivity contribution in [2.75, 3.05) is 24.9 Å². The van der Waals surface area contributed by atoms with Crippen LogP contribution in [0.5, 0.6) is 0 Å². The van der Waals surface area contributed by atoms with Crippen LogP contribution >= 0.6 is 11.6 Å². The van der Waals surface area contributed by atoms with Gasteiger partial charge in [0, 0.05) is 12.2 Å². The average molecular weight is 258 g/mol. The van der Waals surface area contributed by atoms with Gasteiger partial charge in [0.1, 0.15) is 0 Å². The SMILES string of the molecule is COC(=O)c1cccc(NCC(O)CCl)c1C. The molecule has 2 N–H and O–H groups in total. The first-order valence-corrected chi connectivity index (χ1v) is 5.79. The van der Waals surface area contributed by atoms with Gasteiger partial charge in [-0.1, -0.05) is 6.07 Å². The lowest BCUT2D eigenvalue weighted by atomic mass is 10.1. The molecule has 0 aliphatic heterocycles. The van der Waals surface area contributed by atoms with E-state index in [9.17, 15) is 9.90 Å². The normalized spacial score (nSPS) is 12.0. The summed E-state index contributed by atoms with van der Waals surface area (Å²) in [5.74, 6) is -0.202. The van der Waals surface area contributed by atoms with Crippen molar-refractivity contribution in [3.63, 3.8) is 0 Å². The van der Waals surface area contributed by atoms with Crippen LogP contribution < -0.4 is 5.32 Å². The molecule has 1 atom stereocenters. The number of carbonyl (C=O) groups is 1. The van der Waals surface area contributed by atoms with Gasteiger partial charge in [-0.25, -0.2) is 4.79 Å². The molecule has 0 aliphatic rings. The third-order valence-corrected chi connectivity index (χ3v) is 2.80. The first-order chi connectivity index (χ1) is 8.10. The van der Waals surface area contributed by atoms with Crippen LogP contribution in [0.15, 0.2) is 18.2 Å². The standard InChI is InChI=1S/C12H16ClNO3/c1-8-10(12(16)17-2)4-3-5-11(8)14-7-9(15)6-13/h3-5,9,14-15H,6-7H2,1-2H3. The Hall–Kier alpha value is -1.26. The topological polar surface area (TPSA) is 58.6 Å². The Morgan fingerprint density at radius 1 is 1.59 bits per heavy atom. The molecular formula is C12H16ClNO3. The molecule has 0 amide bonds. The number of nitrogens with one attached hydrogen (secondary N) is 1. The first-order valence-electron chi connectivity index (χ1n) is 5.26. The zero-order valence-corrected chi connectivity index (χ0v) is 10.6. The van der Waals surface area contributed by atoms with E-state index >= 15 is 0 Å². The monoisotopic (exact) mass is 257 g/mol. The number of benzene rings is 1. The van der Waals surface area contributed by atoms with Crippen LogP contribution in [0.3, 0.4) is 0 Å². The molecule has 1 unspecified atom stereocenters. The number of rotatable bonds is 5. The highest BCUT2D eigenvalue weighted by molar-refractivity contribution is 6.18. The van der Waals surface area contributed by atoms with Gasteiger partial charge in [0.2, 0.25) is 0 Å². The van der Waals surface area contributed by atoms with Crippen molar-refractivity contribution in [3.05, 3.63) is 29.3 Å². The number of methoxy groups -OCH3 is 1. The lowest BCUT2D eigenvalue weighted by Gasteiger charge is -2.14. The van der Waals surface area contributed by atoms with E-state index in [2.05, 4.69) is 10.1 Å². The second kappa shape index (κ2) is 6.47. The van der Waals surface area contributed by atoms with Crippen molar-refractivity contribution >= 4 is 23.3 Å². The molecule has 4 nitrogen and oxygen atoms in total. The highest BCUT2D eigenvalue weighted by Crippen LogP contribution is 2.19. The van der Waals surface area contributed by atoms with E-state index in [4.69, 9.17) is 11.6 Å². The highest BCUT2D eigenvalue weighted by Gasteiger charge is 2.12. The summed E-state index contributed by atoms with van der Waals surface area (Å²) in [6.07, 6.45) is -0.613. The van der Waals surface area contributed by atoms with Gasteiger partial charge in [-0.15, -0.1) is 11.6 Å². The Kier molecular flexibility index (Phi) is 5.25. The fourth-order valence-corrected chi connectivity index (χ4v) is 1.55. The maximum Gasteiger partial charge on any atom is 0.338 e. The quantitative estimate of drug-likeness (QED) is 0.624. The molecule has 0 fully saturated rings. The summed E-state index contributed by atoms with van der Waals surface area (Å²) in [4.78, 5) is 11.5. The third kappa shape index (κ3) is 3.61. The number of halogens is 1. The van der Waals surface area contributed by atoms with Crippen LogP contribution in [0.2, 0.25) is 0 Å². The van der Waals surface area contributed by atoms with Crippen LogP contribution in [0.4, 0.5) is 5.69 Å². The fourth-order valence-electron chi connectivity index (χ4n) is 1.44. The molecule has 0 radical (unpaired) electrons. The van der Waals surface area contributed by atoms with Gasteiger partial charge >= 0.3 is 5.97 Å². The molecule has 0 saturated heterocycles. The number of alkyl halides is 1. The molecule has 0 aromatic heterocycles. The van der Waals surface area contributed by atoms with Gasteiger partial charge in [-0.2, -0.15) is 0 Å². The Morgan fingerprint density at radius 2 is 2.29 bits per heavy atom. The van der Waals surface area contributed by atoms with Crippen molar-refractivity contribution in [1.29, 1.82) is 0 Å². The van der Waals surface area contributed by atoms with Gasteiger partial charge in [-0.05, 0) is 24.6 Å². The van der Waals surface area contributed by atoms with Crippen molar-refractivity contribution in [3.8, 4) is 0 Å². The summed E-state index contributed by atoms with van der Waals surface area (Å²) >= 11 is 5.50. The predicted octanol–water partition coefficient (Wildman–Crippen LogP) is 1.79. The summed E-state index contributed by atoms with van der Waals surface area (Å²) in [7, 11) is 1.35. The second-order valence-electron chi connectivity index (χ2n) is 3.66. The van der Waals surface area contributed by atoms with E-state index in [1.54, 1.807) is 12.1 Å². The number of esters is 1. The Bertz CT molecular complexity index is 395. The molecule has 1 aromatic carbocycles. The van der Waals surface area contributed by atoms with E-state index in [1.807, 2.05) is 13.0 Å². The molecule has 0 spiro atoms. The lowest BCUT2D eigenvalue weighted by molar-refractivity contribution is 0.0600. The smallest absolute Gasteiger partial charge is 0.338 e. The van der Waals surface area contributed by atoms with Gasteiger partial charge in [0.15, 0.2) is 0 Å². The minimum atomic E-state index is -0.613. The fraction of sp³-hybridized carbons (Fsp3) is 0.417. The lowest BCUT2D eigenvalue weighted by Crippen LogP contribution is -2.21. The number of ether oxygens (including phenoxy) is 1. The maximum atomic E-state index is 11.5. The predicted molar refractivity (Wildman–Crippen MR) is 67.7 cm³/mol. The van der Waals surface area contributed by atoms with Crippen molar-refractivity contribution in [2.45, 2.75) is 13.0 Å². The summed E-state index contributed by atoms with van der Waals surface area (Å²) in [5.41, 5.74) is 2.09. The molecule has 0 aliphatic carbocycles. The number of carbonyl (C=O) groups excluding carboxylic acids is 1. The van der Waals surface area contributed by atoms with Crippen LogP contribution in [-0.4, -0.2) is 36.7 Å². The third-order valence-electron chi connectivity index (χ3n) is 2.45. The number of hydrogen-bond donors (Lipinski definition) is 2. The molecular weight excluding hydrogens is 242 g/mol. The van der Waals surface area contributed by atoms with Gasteiger partial charge < -0.3 is 15.2 Å². The van der Waals surface area contributed by atoms with Crippen LogP contribution in [0.25, 0.3) is 0 Å². The average Bonchev–Trinajstić information content (AvgIpc) is 2.36. The zero-order chi connectivity index (χ0) is 12.8. The van der Waals surface area contributed by atoms with Gasteiger partial charge in [0.05, 0.1) is 24.7 Å². The molecule has 1 rings (SSSR count). The molecule has 0 heterocycles. The Balaban J connectivity index is 2.83. The maximum absolute atomic E-state index is 11.5. The summed E-state index contributed by atoms with van der Waals surface area (Å²) in [6.45, 7) is 2.16. The number of anilines is 1. The van der Waals surface area contributed by atoms with Crippen molar-refractivity contribution in [2.24, 2.45) is 0 Å². The van der Waals surface area contributed by atoms with E-state index in [0.717, 1.165) is 11.3 Å². The Morgan fingerprint density at radius 3 is 2.88 bits per heavy atom. The summed E-state index contributed by atoms with van der Waals surface area (Å²) in [5, 5.41) is 12.4. The van der Waals surface area contributed by atoms with Gasteiger partial charge in [0.25, 0.3) is 0 Å². The molecule has 0 saturated carbocycles. The Labute approximate surface area is 106 Å². The first kappa shape index (κ1) is 13.8. The molecule has 94 valence electrons. The van der Waals surface area contributed by atoms with E-state index in [0.29, 0.717) is 12.1 Å². The second-order valence-corrected chi connectivity index (χ2v) is 3.97. The van der Waals surface area contributed by atoms with Crippen LogP contribution in [-0.2, 0) is 4.74 Å². The van der Waals surface area contributed by atoms with E-state index < -0.39 is 6.10 Å². The molecule has 1 aromatic rings. The van der Waals surface area contributed by atoms with E-state index in [1.165, 1.54) is 7.11 Å². The number of aliphatic hydroxyl groups excluding tert-OH is 1. The van der Waals surface area contributed by atoms with Gasteiger partial charge in [-0.3, -0.25) is 0 Å². The minimum Gasteiger partial charge on any atom is -0.465 e. The zero-order valence-electron chi connectivity index (χ0n) is 9.87. The minimum absolute atomic E-state index is 0.169. The van der Waals surface area contributed by atoms with Crippen LogP contribution in [0.1, 0.15) is 15.9 Å². The molecule has 0 bridgehead atoms. The summed E-state index contributed by atoms with van der Waals surface area (Å²) < 4.78 is 4.68. The number of aliphatic hydroxyl groups is 1. The van der Waals surface area contributed by atoms with Crippen LogP contribution in [0, 0.1) is 6.92 Å². The van der Waals surface area contributed by atoms with Crippen molar-refractivity contribution in [1.82, 2.24) is 0 Å². The number of hydrogen-bond acceptors (Lipinski definition) is 4.